The third-order valence-corrected chi connectivity index (χ3v) is 5.01. The van der Waals surface area contributed by atoms with Crippen molar-refractivity contribution in [2.45, 2.75) is 64.5 Å². The minimum absolute atomic E-state index is 0.124. The molecule has 0 bridgehead atoms. The number of hydrogen-bond acceptors (Lipinski definition) is 3. The maximum Gasteiger partial charge on any atom is 0.240 e. The molecule has 0 atom stereocenters. The molecule has 2 rings (SSSR count). The second kappa shape index (κ2) is 6.77. The Morgan fingerprint density at radius 1 is 1.00 bits per heavy atom. The van der Waals surface area contributed by atoms with Crippen molar-refractivity contribution < 1.29 is 9.59 Å². The van der Waals surface area contributed by atoms with E-state index >= 15 is 0 Å². The molecule has 1 N–H and O–H groups in total. The Balaban J connectivity index is 1.88. The first kappa shape index (κ1) is 16.3. The van der Waals surface area contributed by atoms with Gasteiger partial charge in [-0.1, -0.05) is 19.3 Å². The molecule has 0 spiro atoms. The van der Waals surface area contributed by atoms with Gasteiger partial charge in [0, 0.05) is 39.1 Å². The van der Waals surface area contributed by atoms with E-state index in [2.05, 4.69) is 10.2 Å². The van der Waals surface area contributed by atoms with Crippen molar-refractivity contribution in [3.8, 4) is 0 Å². The molecular weight excluding hydrogens is 266 g/mol. The van der Waals surface area contributed by atoms with Gasteiger partial charge in [0.05, 0.1) is 5.54 Å². The first-order valence-electron chi connectivity index (χ1n) is 8.23. The molecule has 5 heteroatoms. The molecule has 0 aromatic heterocycles. The van der Waals surface area contributed by atoms with Crippen LogP contribution in [0.2, 0.25) is 0 Å². The number of carbonyl (C=O) groups excluding carboxylic acids is 2. The summed E-state index contributed by atoms with van der Waals surface area (Å²) in [5.41, 5.74) is -0.500. The lowest BCUT2D eigenvalue weighted by Gasteiger charge is -2.43. The van der Waals surface area contributed by atoms with Crippen molar-refractivity contribution in [2.24, 2.45) is 0 Å². The van der Waals surface area contributed by atoms with Crippen molar-refractivity contribution in [1.82, 2.24) is 15.1 Å². The van der Waals surface area contributed by atoms with Crippen LogP contribution < -0.4 is 5.32 Å². The molecule has 0 radical (unpaired) electrons. The highest BCUT2D eigenvalue weighted by molar-refractivity contribution is 5.85. The summed E-state index contributed by atoms with van der Waals surface area (Å²) in [6.07, 6.45) is 5.97. The number of carbonyl (C=O) groups is 2. The van der Waals surface area contributed by atoms with Crippen LogP contribution in [0.1, 0.15) is 52.9 Å². The average molecular weight is 295 g/mol. The SMILES string of the molecule is CC(=O)N1CCN(C(C)(C)C(=O)NC2CCCCC2)CC1. The molecule has 0 aromatic carbocycles. The van der Waals surface area contributed by atoms with Crippen LogP contribution in [0.25, 0.3) is 0 Å². The highest BCUT2D eigenvalue weighted by Crippen LogP contribution is 2.21. The van der Waals surface area contributed by atoms with E-state index in [0.717, 1.165) is 39.0 Å². The smallest absolute Gasteiger partial charge is 0.240 e. The molecule has 1 aliphatic heterocycles. The van der Waals surface area contributed by atoms with Crippen molar-refractivity contribution >= 4 is 11.8 Å². The normalized spacial score (nSPS) is 22.1. The summed E-state index contributed by atoms with van der Waals surface area (Å²) in [7, 11) is 0. The number of amides is 2. The topological polar surface area (TPSA) is 52.7 Å². The fourth-order valence-corrected chi connectivity index (χ4v) is 3.33. The Morgan fingerprint density at radius 3 is 2.10 bits per heavy atom. The van der Waals surface area contributed by atoms with Gasteiger partial charge >= 0.3 is 0 Å². The van der Waals surface area contributed by atoms with Crippen LogP contribution in [0.3, 0.4) is 0 Å². The zero-order chi connectivity index (χ0) is 15.5. The van der Waals surface area contributed by atoms with Crippen LogP contribution in [0.4, 0.5) is 0 Å². The Labute approximate surface area is 128 Å². The largest absolute Gasteiger partial charge is 0.352 e. The third kappa shape index (κ3) is 3.96. The maximum absolute atomic E-state index is 12.6. The van der Waals surface area contributed by atoms with E-state index in [0.29, 0.717) is 6.04 Å². The van der Waals surface area contributed by atoms with Gasteiger partial charge in [0.1, 0.15) is 0 Å². The molecule has 0 aromatic rings. The minimum Gasteiger partial charge on any atom is -0.352 e. The Bertz CT molecular complexity index is 381. The van der Waals surface area contributed by atoms with E-state index in [4.69, 9.17) is 0 Å². The fourth-order valence-electron chi connectivity index (χ4n) is 3.33. The van der Waals surface area contributed by atoms with Crippen LogP contribution in [-0.4, -0.2) is 59.4 Å². The zero-order valence-electron chi connectivity index (χ0n) is 13.7. The van der Waals surface area contributed by atoms with E-state index in [9.17, 15) is 9.59 Å². The molecule has 1 saturated heterocycles. The summed E-state index contributed by atoms with van der Waals surface area (Å²) in [4.78, 5) is 28.0. The summed E-state index contributed by atoms with van der Waals surface area (Å²) < 4.78 is 0. The highest BCUT2D eigenvalue weighted by Gasteiger charge is 2.37. The molecule has 1 aliphatic carbocycles. The molecule has 2 fully saturated rings. The van der Waals surface area contributed by atoms with E-state index < -0.39 is 5.54 Å². The van der Waals surface area contributed by atoms with Crippen LogP contribution in [0, 0.1) is 0 Å². The number of nitrogens with zero attached hydrogens (tertiary/aromatic N) is 2. The molecule has 21 heavy (non-hydrogen) atoms. The molecule has 2 aliphatic rings. The van der Waals surface area contributed by atoms with Crippen LogP contribution in [0.5, 0.6) is 0 Å². The lowest BCUT2D eigenvalue weighted by molar-refractivity contribution is -0.136. The lowest BCUT2D eigenvalue weighted by atomic mass is 9.93. The summed E-state index contributed by atoms with van der Waals surface area (Å²) in [6.45, 7) is 8.57. The van der Waals surface area contributed by atoms with Gasteiger partial charge in [-0.25, -0.2) is 0 Å². The highest BCUT2D eigenvalue weighted by atomic mass is 16.2. The summed E-state index contributed by atoms with van der Waals surface area (Å²) in [5.74, 6) is 0.254. The fraction of sp³-hybridized carbons (Fsp3) is 0.875. The quantitative estimate of drug-likeness (QED) is 0.856. The van der Waals surface area contributed by atoms with Gasteiger partial charge in [-0.05, 0) is 26.7 Å². The monoisotopic (exact) mass is 295 g/mol. The summed E-state index contributed by atoms with van der Waals surface area (Å²) >= 11 is 0. The molecule has 120 valence electrons. The first-order valence-corrected chi connectivity index (χ1v) is 8.23. The van der Waals surface area contributed by atoms with Crippen molar-refractivity contribution in [2.75, 3.05) is 26.2 Å². The van der Waals surface area contributed by atoms with Crippen LogP contribution in [-0.2, 0) is 9.59 Å². The number of nitrogens with one attached hydrogen (secondary N) is 1. The van der Waals surface area contributed by atoms with Crippen molar-refractivity contribution in [1.29, 1.82) is 0 Å². The van der Waals surface area contributed by atoms with E-state index in [1.807, 2.05) is 18.7 Å². The third-order valence-electron chi connectivity index (χ3n) is 5.01. The van der Waals surface area contributed by atoms with Gasteiger partial charge in [0.15, 0.2) is 0 Å². The molecule has 1 saturated carbocycles. The molecule has 2 amide bonds. The summed E-state index contributed by atoms with van der Waals surface area (Å²) in [6, 6.07) is 0.351. The van der Waals surface area contributed by atoms with Gasteiger partial charge in [0.2, 0.25) is 11.8 Å². The van der Waals surface area contributed by atoms with Crippen molar-refractivity contribution in [3.05, 3.63) is 0 Å². The number of rotatable bonds is 3. The molecule has 1 heterocycles. The molecule has 5 nitrogen and oxygen atoms in total. The van der Waals surface area contributed by atoms with E-state index in [-0.39, 0.29) is 11.8 Å². The number of piperazine rings is 1. The second-order valence-corrected chi connectivity index (χ2v) is 6.86. The van der Waals surface area contributed by atoms with Gasteiger partial charge < -0.3 is 10.2 Å². The lowest BCUT2D eigenvalue weighted by Crippen LogP contribution is -2.62. The average Bonchev–Trinajstić information content (AvgIpc) is 2.48. The number of hydrogen-bond donors (Lipinski definition) is 1. The van der Waals surface area contributed by atoms with Gasteiger partial charge in [-0.15, -0.1) is 0 Å². The van der Waals surface area contributed by atoms with Crippen molar-refractivity contribution in [3.63, 3.8) is 0 Å². The minimum atomic E-state index is -0.500. The Hall–Kier alpha value is -1.10. The standard InChI is InChI=1S/C16H29N3O2/c1-13(20)18-9-11-19(12-10-18)16(2,3)15(21)17-14-7-5-4-6-8-14/h14H,4-12H2,1-3H3,(H,17,21). The van der Waals surface area contributed by atoms with E-state index in [1.165, 1.54) is 19.3 Å². The van der Waals surface area contributed by atoms with E-state index in [1.54, 1.807) is 6.92 Å². The predicted molar refractivity (Wildman–Crippen MR) is 82.9 cm³/mol. The van der Waals surface area contributed by atoms with Gasteiger partial charge in [-0.2, -0.15) is 0 Å². The maximum atomic E-state index is 12.6. The molecule has 0 unspecified atom stereocenters. The van der Waals surface area contributed by atoms with Crippen LogP contribution >= 0.6 is 0 Å². The first-order chi connectivity index (χ1) is 9.91. The summed E-state index contributed by atoms with van der Waals surface area (Å²) in [5, 5.41) is 3.23. The predicted octanol–water partition coefficient (Wildman–Crippen LogP) is 1.38. The Kier molecular flexibility index (Phi) is 5.25. The Morgan fingerprint density at radius 2 is 1.57 bits per heavy atom. The zero-order valence-corrected chi connectivity index (χ0v) is 13.7. The second-order valence-electron chi connectivity index (χ2n) is 6.86. The molecular formula is C16H29N3O2. The van der Waals surface area contributed by atoms with Gasteiger partial charge in [-0.3, -0.25) is 14.5 Å². The van der Waals surface area contributed by atoms with Crippen LogP contribution in [0.15, 0.2) is 0 Å². The van der Waals surface area contributed by atoms with Gasteiger partial charge in [0.25, 0.3) is 0 Å².